The molecule has 8 nitrogen and oxygen atoms in total. The Labute approximate surface area is 163 Å². The molecule has 0 saturated heterocycles. The van der Waals surface area contributed by atoms with Crippen molar-refractivity contribution in [1.82, 2.24) is 14.9 Å². The van der Waals surface area contributed by atoms with Gasteiger partial charge in [0.05, 0.1) is 7.11 Å². The van der Waals surface area contributed by atoms with E-state index in [1.807, 2.05) is 24.3 Å². The van der Waals surface area contributed by atoms with Crippen molar-refractivity contribution >= 4 is 32.4 Å². The molecule has 0 fully saturated rings. The van der Waals surface area contributed by atoms with E-state index in [2.05, 4.69) is 20.2 Å². The highest BCUT2D eigenvalue weighted by Gasteiger charge is 2.24. The number of rotatable bonds is 8. The second-order valence-corrected chi connectivity index (χ2v) is 9.84. The number of nitrogens with one attached hydrogen (secondary N) is 2. The van der Waals surface area contributed by atoms with Crippen molar-refractivity contribution in [3.05, 3.63) is 29.8 Å². The second kappa shape index (κ2) is 8.77. The number of aryl methyl sites for hydroxylation is 1. The Bertz CT molecular complexity index is 871. The molecule has 0 aliphatic carbocycles. The van der Waals surface area contributed by atoms with Gasteiger partial charge in [-0.25, -0.2) is 13.1 Å². The molecule has 2 N–H and O–H groups in total. The summed E-state index contributed by atoms with van der Waals surface area (Å²) in [4.78, 5) is 11.9. The Balaban J connectivity index is 1.86. The molecule has 2 aromatic rings. The van der Waals surface area contributed by atoms with Gasteiger partial charge in [0.25, 0.3) is 10.0 Å². The number of carbonyl (C=O) groups is 1. The maximum absolute atomic E-state index is 12.3. The molecular formula is C17H24N4O4S2. The number of methoxy groups -OCH3 is 1. The van der Waals surface area contributed by atoms with Gasteiger partial charge in [-0.3, -0.25) is 4.79 Å². The van der Waals surface area contributed by atoms with Gasteiger partial charge in [-0.1, -0.05) is 44.2 Å². The number of amides is 1. The van der Waals surface area contributed by atoms with Crippen LogP contribution in [0.2, 0.25) is 0 Å². The quantitative estimate of drug-likeness (QED) is 0.509. The van der Waals surface area contributed by atoms with Gasteiger partial charge < -0.3 is 10.1 Å². The van der Waals surface area contributed by atoms with E-state index < -0.39 is 15.4 Å². The lowest BCUT2D eigenvalue weighted by molar-refractivity contribution is -0.123. The van der Waals surface area contributed by atoms with Gasteiger partial charge in [-0.05, 0) is 30.5 Å². The Kier molecular flexibility index (Phi) is 6.90. The highest BCUT2D eigenvalue weighted by Crippen LogP contribution is 2.22. The molecule has 1 aromatic heterocycles. The number of carbonyl (C=O) groups excluding carboxylic acids is 1. The summed E-state index contributed by atoms with van der Waals surface area (Å²) in [7, 11) is -2.14. The number of anilines is 1. The summed E-state index contributed by atoms with van der Waals surface area (Å²) >= 11 is 0.824. The Morgan fingerprint density at radius 1 is 1.19 bits per heavy atom. The SMILES string of the molecule is COc1ccc(CCCNS(=O)(=O)c2nnc(NC(=O)C(C)(C)C)s2)cc1. The number of aromatic nitrogens is 2. The van der Waals surface area contributed by atoms with Crippen LogP contribution in [0.5, 0.6) is 5.75 Å². The highest BCUT2D eigenvalue weighted by atomic mass is 32.2. The topological polar surface area (TPSA) is 110 Å². The van der Waals surface area contributed by atoms with Crippen molar-refractivity contribution in [3.63, 3.8) is 0 Å². The number of sulfonamides is 1. The van der Waals surface area contributed by atoms with E-state index in [4.69, 9.17) is 4.74 Å². The van der Waals surface area contributed by atoms with Crippen molar-refractivity contribution in [2.75, 3.05) is 19.0 Å². The van der Waals surface area contributed by atoms with Crippen molar-refractivity contribution in [1.29, 1.82) is 0 Å². The zero-order chi connectivity index (χ0) is 20.1. The average Bonchev–Trinajstić information content (AvgIpc) is 3.08. The monoisotopic (exact) mass is 412 g/mol. The van der Waals surface area contributed by atoms with E-state index in [9.17, 15) is 13.2 Å². The molecule has 0 atom stereocenters. The Hall–Kier alpha value is -2.04. The van der Waals surface area contributed by atoms with Gasteiger partial charge in [-0.15, -0.1) is 10.2 Å². The van der Waals surface area contributed by atoms with Gasteiger partial charge in [0.1, 0.15) is 5.75 Å². The van der Waals surface area contributed by atoms with Crippen molar-refractivity contribution in [2.24, 2.45) is 5.41 Å². The molecule has 0 bridgehead atoms. The first-order valence-corrected chi connectivity index (χ1v) is 10.7. The largest absolute Gasteiger partial charge is 0.497 e. The molecule has 0 unspecified atom stereocenters. The first-order valence-electron chi connectivity index (χ1n) is 8.39. The lowest BCUT2D eigenvalue weighted by atomic mass is 9.96. The van der Waals surface area contributed by atoms with Crippen LogP contribution in [0.25, 0.3) is 0 Å². The molecule has 1 amide bonds. The fourth-order valence-electron chi connectivity index (χ4n) is 2.01. The predicted molar refractivity (Wildman–Crippen MR) is 104 cm³/mol. The number of ether oxygens (including phenoxy) is 1. The standard InChI is InChI=1S/C17H24N4O4S2/c1-17(2,3)14(22)19-15-20-21-16(26-15)27(23,24)18-11-5-6-12-7-9-13(25-4)10-8-12/h7-10,18H,5-6,11H2,1-4H3,(H,19,20,22). The van der Waals surface area contributed by atoms with E-state index in [1.165, 1.54) is 0 Å². The normalized spacial score (nSPS) is 12.0. The Morgan fingerprint density at radius 3 is 2.44 bits per heavy atom. The summed E-state index contributed by atoms with van der Waals surface area (Å²) in [5.74, 6) is 0.528. The molecule has 10 heteroatoms. The average molecular weight is 413 g/mol. The summed E-state index contributed by atoms with van der Waals surface area (Å²) in [6, 6.07) is 7.63. The van der Waals surface area contributed by atoms with Gasteiger partial charge in [0.2, 0.25) is 15.4 Å². The molecule has 1 aromatic carbocycles. The van der Waals surface area contributed by atoms with E-state index in [0.717, 1.165) is 29.1 Å². The molecule has 148 valence electrons. The van der Waals surface area contributed by atoms with Crippen molar-refractivity contribution in [3.8, 4) is 5.75 Å². The van der Waals surface area contributed by atoms with E-state index >= 15 is 0 Å². The number of hydrogen-bond donors (Lipinski definition) is 2. The summed E-state index contributed by atoms with van der Waals surface area (Å²) < 4.78 is 32.0. The lowest BCUT2D eigenvalue weighted by Crippen LogP contribution is -2.27. The fraction of sp³-hybridized carbons (Fsp3) is 0.471. The third-order valence-corrected chi connectivity index (χ3v) is 6.30. The van der Waals surface area contributed by atoms with E-state index in [0.29, 0.717) is 6.42 Å². The van der Waals surface area contributed by atoms with Crippen molar-refractivity contribution < 1.29 is 17.9 Å². The van der Waals surface area contributed by atoms with E-state index in [1.54, 1.807) is 27.9 Å². The van der Waals surface area contributed by atoms with Gasteiger partial charge in [0, 0.05) is 12.0 Å². The van der Waals surface area contributed by atoms with Crippen LogP contribution in [0.3, 0.4) is 0 Å². The van der Waals surface area contributed by atoms with Gasteiger partial charge in [-0.2, -0.15) is 0 Å². The third kappa shape index (κ3) is 6.26. The molecule has 0 radical (unpaired) electrons. The van der Waals surface area contributed by atoms with Crippen LogP contribution in [0, 0.1) is 5.41 Å². The number of nitrogens with zero attached hydrogens (tertiary/aromatic N) is 2. The van der Waals surface area contributed by atoms with Crippen LogP contribution in [0.15, 0.2) is 28.6 Å². The summed E-state index contributed by atoms with van der Waals surface area (Å²) in [6.07, 6.45) is 1.37. The Morgan fingerprint density at radius 2 is 1.85 bits per heavy atom. The molecule has 2 rings (SSSR count). The summed E-state index contributed by atoms with van der Waals surface area (Å²) in [5, 5.41) is 10.1. The van der Waals surface area contributed by atoms with Crippen LogP contribution in [0.4, 0.5) is 5.13 Å². The van der Waals surface area contributed by atoms with Crippen LogP contribution in [-0.2, 0) is 21.2 Å². The molecular weight excluding hydrogens is 388 g/mol. The van der Waals surface area contributed by atoms with Crippen LogP contribution < -0.4 is 14.8 Å². The molecule has 0 aliphatic heterocycles. The van der Waals surface area contributed by atoms with Crippen LogP contribution >= 0.6 is 11.3 Å². The maximum atomic E-state index is 12.3. The van der Waals surface area contributed by atoms with Crippen LogP contribution in [-0.4, -0.2) is 38.2 Å². The minimum absolute atomic E-state index is 0.161. The van der Waals surface area contributed by atoms with Crippen molar-refractivity contribution in [2.45, 2.75) is 38.0 Å². The smallest absolute Gasteiger partial charge is 0.269 e. The first-order chi connectivity index (χ1) is 12.6. The number of hydrogen-bond acceptors (Lipinski definition) is 7. The summed E-state index contributed by atoms with van der Waals surface area (Å²) in [5.41, 5.74) is 0.489. The first kappa shape index (κ1) is 21.3. The molecule has 1 heterocycles. The van der Waals surface area contributed by atoms with E-state index in [-0.39, 0.29) is 21.9 Å². The summed E-state index contributed by atoms with van der Waals surface area (Å²) in [6.45, 7) is 5.54. The highest BCUT2D eigenvalue weighted by molar-refractivity contribution is 7.91. The minimum Gasteiger partial charge on any atom is -0.497 e. The molecule has 0 saturated carbocycles. The maximum Gasteiger partial charge on any atom is 0.269 e. The minimum atomic E-state index is -3.75. The molecule has 0 spiro atoms. The zero-order valence-corrected chi connectivity index (χ0v) is 17.4. The fourth-order valence-corrected chi connectivity index (χ4v) is 4.02. The predicted octanol–water partition coefficient (Wildman–Crippen LogP) is 2.44. The van der Waals surface area contributed by atoms with Gasteiger partial charge >= 0.3 is 0 Å². The number of benzene rings is 1. The van der Waals surface area contributed by atoms with Gasteiger partial charge in [0.15, 0.2) is 0 Å². The second-order valence-electron chi connectivity index (χ2n) is 6.93. The lowest BCUT2D eigenvalue weighted by Gasteiger charge is -2.15. The third-order valence-electron chi connectivity index (χ3n) is 3.63. The van der Waals surface area contributed by atoms with Crippen LogP contribution in [0.1, 0.15) is 32.8 Å². The molecule has 0 aliphatic rings. The molecule has 27 heavy (non-hydrogen) atoms. The zero-order valence-electron chi connectivity index (χ0n) is 15.8.